The summed E-state index contributed by atoms with van der Waals surface area (Å²) in [5, 5.41) is 4.14. The quantitative estimate of drug-likeness (QED) is 0.718. The summed E-state index contributed by atoms with van der Waals surface area (Å²) in [5.74, 6) is 0.481. The van der Waals surface area contributed by atoms with Crippen molar-refractivity contribution in [2.75, 3.05) is 13.1 Å². The Balaban J connectivity index is 1.34. The molecule has 0 unspecified atom stereocenters. The smallest absolute Gasteiger partial charge is 0.221 e. The maximum atomic E-state index is 14.2. The van der Waals surface area contributed by atoms with Crippen molar-refractivity contribution in [1.29, 1.82) is 0 Å². The van der Waals surface area contributed by atoms with E-state index < -0.39 is 12.3 Å². The van der Waals surface area contributed by atoms with E-state index in [1.165, 1.54) is 0 Å². The van der Waals surface area contributed by atoms with Gasteiger partial charge in [-0.1, -0.05) is 12.1 Å². The highest BCUT2D eigenvalue weighted by Gasteiger charge is 2.34. The molecule has 1 aromatic carbocycles. The minimum atomic E-state index is -1.01. The molecule has 0 amide bonds. The van der Waals surface area contributed by atoms with Crippen LogP contribution in [0.5, 0.6) is 0 Å². The first-order valence-electron chi connectivity index (χ1n) is 7.97. The van der Waals surface area contributed by atoms with Crippen molar-refractivity contribution in [1.82, 2.24) is 19.7 Å². The number of aryl methyl sites for hydroxylation is 1. The molecule has 24 heavy (non-hydrogen) atoms. The van der Waals surface area contributed by atoms with E-state index in [-0.39, 0.29) is 6.61 Å². The molecule has 0 N–H and O–H groups in total. The molecule has 2 atom stereocenters. The molecule has 0 aliphatic carbocycles. The maximum Gasteiger partial charge on any atom is 0.221 e. The number of ether oxygens (including phenoxy) is 1. The number of hydrogen-bond donors (Lipinski definition) is 0. The van der Waals surface area contributed by atoms with Crippen molar-refractivity contribution in [2.24, 2.45) is 7.05 Å². The minimum Gasteiger partial charge on any atom is -0.438 e. The lowest BCUT2D eigenvalue weighted by atomic mass is 10.3. The second-order valence-corrected chi connectivity index (χ2v) is 6.16. The Morgan fingerprint density at radius 1 is 1.33 bits per heavy atom. The molecule has 1 aliphatic heterocycles. The third-order valence-electron chi connectivity index (χ3n) is 4.20. The first-order valence-corrected chi connectivity index (χ1v) is 7.97. The number of benzene rings is 1. The van der Waals surface area contributed by atoms with Gasteiger partial charge in [-0.2, -0.15) is 5.10 Å². The van der Waals surface area contributed by atoms with Crippen LogP contribution in [-0.2, 0) is 24.9 Å². The number of oxazole rings is 1. The molecule has 4 rings (SSSR count). The third-order valence-corrected chi connectivity index (χ3v) is 4.20. The summed E-state index contributed by atoms with van der Waals surface area (Å²) >= 11 is 0. The first kappa shape index (κ1) is 15.3. The van der Waals surface area contributed by atoms with Gasteiger partial charge < -0.3 is 9.15 Å². The van der Waals surface area contributed by atoms with E-state index in [0.29, 0.717) is 25.5 Å². The number of aromatic nitrogens is 3. The average molecular weight is 330 g/mol. The van der Waals surface area contributed by atoms with Crippen LogP contribution in [0.3, 0.4) is 0 Å². The first-order chi connectivity index (χ1) is 11.7. The van der Waals surface area contributed by atoms with E-state index in [2.05, 4.69) is 10.1 Å². The Kier molecular flexibility index (Phi) is 4.03. The predicted octanol–water partition coefficient (Wildman–Crippen LogP) is 2.30. The van der Waals surface area contributed by atoms with Crippen LogP contribution in [0, 0.1) is 0 Å². The molecule has 3 aromatic rings. The third kappa shape index (κ3) is 3.18. The second kappa shape index (κ2) is 6.33. The van der Waals surface area contributed by atoms with Gasteiger partial charge in [0.25, 0.3) is 0 Å². The largest absolute Gasteiger partial charge is 0.438 e. The fraction of sp³-hybridized carbons (Fsp3) is 0.412. The van der Waals surface area contributed by atoms with Crippen LogP contribution in [-0.4, -0.2) is 45.0 Å². The molecule has 0 saturated carbocycles. The summed E-state index contributed by atoms with van der Waals surface area (Å²) in [6, 6.07) is 7.53. The SMILES string of the molecule is Cn1cc(CN2C[C@@H](F)[C@@H](OCc3nc4ccccc4o3)C2)cn1. The normalized spacial score (nSPS) is 21.8. The van der Waals surface area contributed by atoms with Crippen molar-refractivity contribution < 1.29 is 13.5 Å². The van der Waals surface area contributed by atoms with Crippen LogP contribution < -0.4 is 0 Å². The summed E-state index contributed by atoms with van der Waals surface area (Å²) < 4.78 is 27.3. The maximum absolute atomic E-state index is 14.2. The van der Waals surface area contributed by atoms with E-state index >= 15 is 0 Å². The number of para-hydroxylation sites is 2. The van der Waals surface area contributed by atoms with Crippen LogP contribution in [0.25, 0.3) is 11.1 Å². The summed E-state index contributed by atoms with van der Waals surface area (Å²) in [6.45, 7) is 1.78. The fourth-order valence-electron chi connectivity index (χ4n) is 3.07. The van der Waals surface area contributed by atoms with Gasteiger partial charge in [0, 0.05) is 38.4 Å². The van der Waals surface area contributed by atoms with Gasteiger partial charge >= 0.3 is 0 Å². The summed E-state index contributed by atoms with van der Waals surface area (Å²) in [4.78, 5) is 6.39. The molecule has 6 nitrogen and oxygen atoms in total. The van der Waals surface area contributed by atoms with Crippen LogP contribution in [0.4, 0.5) is 4.39 Å². The summed E-state index contributed by atoms with van der Waals surface area (Å²) in [6.07, 6.45) is 2.28. The lowest BCUT2D eigenvalue weighted by Gasteiger charge is -2.14. The molecule has 0 spiro atoms. The van der Waals surface area contributed by atoms with Gasteiger partial charge in [0.2, 0.25) is 5.89 Å². The highest BCUT2D eigenvalue weighted by molar-refractivity contribution is 5.72. The molecule has 1 fully saturated rings. The number of nitrogens with zero attached hydrogens (tertiary/aromatic N) is 4. The molecule has 0 bridgehead atoms. The van der Waals surface area contributed by atoms with Crippen LogP contribution >= 0.6 is 0 Å². The highest BCUT2D eigenvalue weighted by Crippen LogP contribution is 2.21. The Labute approximate surface area is 138 Å². The number of fused-ring (bicyclic) bond motifs is 1. The van der Waals surface area contributed by atoms with Gasteiger partial charge in [-0.05, 0) is 12.1 Å². The second-order valence-electron chi connectivity index (χ2n) is 6.16. The van der Waals surface area contributed by atoms with E-state index in [1.54, 1.807) is 10.9 Å². The van der Waals surface area contributed by atoms with Crippen molar-refractivity contribution in [3.63, 3.8) is 0 Å². The van der Waals surface area contributed by atoms with Gasteiger partial charge in [-0.3, -0.25) is 9.58 Å². The van der Waals surface area contributed by atoms with E-state index in [0.717, 1.165) is 16.7 Å². The van der Waals surface area contributed by atoms with Gasteiger partial charge in [0.15, 0.2) is 5.58 Å². The van der Waals surface area contributed by atoms with Gasteiger partial charge in [-0.25, -0.2) is 9.37 Å². The van der Waals surface area contributed by atoms with E-state index in [9.17, 15) is 4.39 Å². The van der Waals surface area contributed by atoms with Crippen molar-refractivity contribution >= 4 is 11.1 Å². The van der Waals surface area contributed by atoms with E-state index in [1.807, 2.05) is 42.4 Å². The van der Waals surface area contributed by atoms with Gasteiger partial charge in [0.05, 0.1) is 6.20 Å². The van der Waals surface area contributed by atoms with E-state index in [4.69, 9.17) is 9.15 Å². The molecule has 7 heteroatoms. The zero-order valence-corrected chi connectivity index (χ0v) is 13.4. The number of halogens is 1. The predicted molar refractivity (Wildman–Crippen MR) is 86.0 cm³/mol. The Morgan fingerprint density at radius 2 is 2.21 bits per heavy atom. The van der Waals surface area contributed by atoms with Gasteiger partial charge in [0.1, 0.15) is 24.4 Å². The van der Waals surface area contributed by atoms with Crippen LogP contribution in [0.15, 0.2) is 41.1 Å². The molecule has 1 saturated heterocycles. The zero-order chi connectivity index (χ0) is 16.5. The van der Waals surface area contributed by atoms with Crippen LogP contribution in [0.2, 0.25) is 0 Å². The highest BCUT2D eigenvalue weighted by atomic mass is 19.1. The Bertz CT molecular complexity index is 798. The number of alkyl halides is 1. The average Bonchev–Trinajstić information content (AvgIpc) is 3.24. The molecular weight excluding hydrogens is 311 g/mol. The van der Waals surface area contributed by atoms with Crippen molar-refractivity contribution in [2.45, 2.75) is 25.4 Å². The molecule has 3 heterocycles. The van der Waals surface area contributed by atoms with Gasteiger partial charge in [-0.15, -0.1) is 0 Å². The monoisotopic (exact) mass is 330 g/mol. The fourth-order valence-corrected chi connectivity index (χ4v) is 3.07. The van der Waals surface area contributed by atoms with Crippen molar-refractivity contribution in [3.05, 3.63) is 48.1 Å². The molecule has 2 aromatic heterocycles. The Hall–Kier alpha value is -2.25. The topological polar surface area (TPSA) is 56.3 Å². The summed E-state index contributed by atoms with van der Waals surface area (Å²) in [7, 11) is 1.87. The molecule has 0 radical (unpaired) electrons. The number of hydrogen-bond acceptors (Lipinski definition) is 5. The molecule has 1 aliphatic rings. The lowest BCUT2D eigenvalue weighted by Crippen LogP contribution is -2.24. The molecular formula is C17H19FN4O2. The Morgan fingerprint density at radius 3 is 3.00 bits per heavy atom. The number of likely N-dealkylation sites (tertiary alicyclic amines) is 1. The molecule has 126 valence electrons. The summed E-state index contributed by atoms with van der Waals surface area (Å²) in [5.41, 5.74) is 2.58. The number of rotatable bonds is 5. The zero-order valence-electron chi connectivity index (χ0n) is 13.4. The van der Waals surface area contributed by atoms with Crippen molar-refractivity contribution in [3.8, 4) is 0 Å². The van der Waals surface area contributed by atoms with Crippen LogP contribution in [0.1, 0.15) is 11.5 Å². The standard InChI is InChI=1S/C17H19FN4O2/c1-21-7-12(6-19-21)8-22-9-13(18)16(10-22)23-11-17-20-14-4-2-3-5-15(14)24-17/h2-7,13,16H,8-11H2,1H3/t13-,16+/m1/s1. The lowest BCUT2D eigenvalue weighted by molar-refractivity contribution is 0.00239. The minimum absolute atomic E-state index is 0.181.